The van der Waals surface area contributed by atoms with E-state index in [4.69, 9.17) is 4.74 Å². The number of anilines is 2. The molecule has 6 rings (SSSR count). The van der Waals surface area contributed by atoms with Crippen molar-refractivity contribution in [2.24, 2.45) is 12.5 Å². The average Bonchev–Trinajstić information content (AvgIpc) is 3.57. The van der Waals surface area contributed by atoms with Crippen molar-refractivity contribution in [3.8, 4) is 0 Å². The minimum Gasteiger partial charge on any atom is -0.461 e. The Balaban J connectivity index is 1.35. The smallest absolute Gasteiger partial charge is 0.302 e. The zero-order valence-electron chi connectivity index (χ0n) is 24.1. The van der Waals surface area contributed by atoms with E-state index in [0.717, 1.165) is 24.0 Å². The molecule has 0 saturated carbocycles. The summed E-state index contributed by atoms with van der Waals surface area (Å²) in [5.41, 5.74) is 5.65. The van der Waals surface area contributed by atoms with E-state index in [2.05, 4.69) is 33.7 Å². The number of fused-ring (bicyclic) bond motifs is 3. The van der Waals surface area contributed by atoms with Gasteiger partial charge in [0.2, 0.25) is 5.91 Å². The summed E-state index contributed by atoms with van der Waals surface area (Å²) in [4.78, 5) is 51.0. The molecule has 5 heterocycles. The van der Waals surface area contributed by atoms with Crippen LogP contribution in [0.25, 0.3) is 5.57 Å². The van der Waals surface area contributed by atoms with Crippen LogP contribution >= 0.6 is 0 Å². The van der Waals surface area contributed by atoms with Crippen molar-refractivity contribution in [2.45, 2.75) is 59.2 Å². The molecule has 1 unspecified atom stereocenters. The molecular weight excluding hydrogens is 522 g/mol. The standard InChI is InChI=1S/C30H35N7O4/c1-18(38)41-16-22-21(20-10-23(28(39)35(5)14-20)33-26-15-34(4)17-32-26)6-7-31-27(22)37-9-8-36-24(29(37)40)11-19-12-30(2,3)13-25(19)36/h6-7,11,14-15,17,23,33H,8-10,12-13,16H2,1-5H3. The molecule has 0 saturated heterocycles. The van der Waals surface area contributed by atoms with Crippen LogP contribution in [0.1, 0.15) is 60.1 Å². The number of hydrogen-bond acceptors (Lipinski definition) is 7. The van der Waals surface area contributed by atoms with Crippen LogP contribution in [-0.4, -0.2) is 61.4 Å². The molecule has 0 bridgehead atoms. The quantitative estimate of drug-likeness (QED) is 0.463. The van der Waals surface area contributed by atoms with Gasteiger partial charge in [0.25, 0.3) is 5.91 Å². The van der Waals surface area contributed by atoms with Gasteiger partial charge in [-0.25, -0.2) is 9.97 Å². The summed E-state index contributed by atoms with van der Waals surface area (Å²) in [6, 6.07) is 3.34. The van der Waals surface area contributed by atoms with Crippen LogP contribution < -0.4 is 10.2 Å². The minimum absolute atomic E-state index is 0.0450. The molecule has 3 aliphatic rings. The number of nitrogens with one attached hydrogen (secondary N) is 1. The number of amides is 2. The lowest BCUT2D eigenvalue weighted by Gasteiger charge is -2.32. The molecule has 1 N–H and O–H groups in total. The zero-order valence-corrected chi connectivity index (χ0v) is 24.1. The molecular formula is C30H35N7O4. The van der Waals surface area contributed by atoms with E-state index in [-0.39, 0.29) is 23.8 Å². The lowest BCUT2D eigenvalue weighted by Crippen LogP contribution is -2.42. The summed E-state index contributed by atoms with van der Waals surface area (Å²) in [7, 11) is 3.58. The minimum atomic E-state index is -0.542. The number of carbonyl (C=O) groups excluding carboxylic acids is 3. The highest BCUT2D eigenvalue weighted by Crippen LogP contribution is 2.40. The van der Waals surface area contributed by atoms with Gasteiger partial charge in [-0.2, -0.15) is 0 Å². The first-order valence-corrected chi connectivity index (χ1v) is 13.9. The summed E-state index contributed by atoms with van der Waals surface area (Å²) in [5, 5.41) is 3.24. The van der Waals surface area contributed by atoms with Gasteiger partial charge < -0.3 is 24.1 Å². The topological polar surface area (TPSA) is 115 Å². The molecule has 11 nitrogen and oxygen atoms in total. The van der Waals surface area contributed by atoms with Gasteiger partial charge in [-0.05, 0) is 47.1 Å². The van der Waals surface area contributed by atoms with E-state index in [9.17, 15) is 14.4 Å². The van der Waals surface area contributed by atoms with Crippen molar-refractivity contribution in [2.75, 3.05) is 23.8 Å². The lowest BCUT2D eigenvalue weighted by atomic mass is 9.90. The highest BCUT2D eigenvalue weighted by atomic mass is 16.5. The van der Waals surface area contributed by atoms with Crippen LogP contribution in [-0.2, 0) is 47.4 Å². The number of hydrogen-bond donors (Lipinski definition) is 1. The van der Waals surface area contributed by atoms with Gasteiger partial charge in [0.15, 0.2) is 0 Å². The number of aryl methyl sites for hydroxylation is 1. The molecule has 214 valence electrons. The Morgan fingerprint density at radius 2 is 1.98 bits per heavy atom. The summed E-state index contributed by atoms with van der Waals surface area (Å²) >= 11 is 0. The molecule has 0 radical (unpaired) electrons. The Morgan fingerprint density at radius 1 is 1.17 bits per heavy atom. The van der Waals surface area contributed by atoms with Gasteiger partial charge in [0, 0.05) is 70.4 Å². The fraction of sp³-hybridized carbons (Fsp3) is 0.433. The molecule has 1 atom stereocenters. The number of esters is 1. The van der Waals surface area contributed by atoms with E-state index in [1.165, 1.54) is 18.2 Å². The molecule has 0 spiro atoms. The fourth-order valence-electron chi connectivity index (χ4n) is 6.31. The van der Waals surface area contributed by atoms with Crippen molar-refractivity contribution < 1.29 is 19.1 Å². The third kappa shape index (κ3) is 4.89. The summed E-state index contributed by atoms with van der Waals surface area (Å²) < 4.78 is 9.46. The van der Waals surface area contributed by atoms with Crippen LogP contribution in [0.15, 0.2) is 37.1 Å². The van der Waals surface area contributed by atoms with Gasteiger partial charge in [-0.15, -0.1) is 0 Å². The van der Waals surface area contributed by atoms with Gasteiger partial charge in [-0.3, -0.25) is 19.3 Å². The Bertz CT molecular complexity index is 1600. The Hall–Kier alpha value is -4.41. The highest BCUT2D eigenvalue weighted by molar-refractivity contribution is 6.06. The molecule has 0 aromatic carbocycles. The number of ether oxygens (including phenoxy) is 1. The molecule has 2 amide bonds. The summed E-state index contributed by atoms with van der Waals surface area (Å²) in [5.74, 6) is 0.447. The Kier molecular flexibility index (Phi) is 6.47. The lowest BCUT2D eigenvalue weighted by molar-refractivity contribution is -0.142. The van der Waals surface area contributed by atoms with Crippen LogP contribution in [0.5, 0.6) is 0 Å². The fourth-order valence-corrected chi connectivity index (χ4v) is 6.31. The summed E-state index contributed by atoms with van der Waals surface area (Å²) in [6.07, 6.45) is 9.25. The van der Waals surface area contributed by atoms with E-state index in [0.29, 0.717) is 42.4 Å². The second kappa shape index (κ2) is 9.90. The van der Waals surface area contributed by atoms with E-state index in [1.807, 2.05) is 29.9 Å². The Morgan fingerprint density at radius 3 is 2.71 bits per heavy atom. The highest BCUT2D eigenvalue weighted by Gasteiger charge is 2.38. The number of likely N-dealkylation sites (N-methyl/N-ethyl adjacent to an activating group) is 1. The monoisotopic (exact) mass is 557 g/mol. The Labute approximate surface area is 238 Å². The number of imidazole rings is 1. The van der Waals surface area contributed by atoms with Crippen LogP contribution in [0.3, 0.4) is 0 Å². The van der Waals surface area contributed by atoms with Gasteiger partial charge in [0.05, 0.1) is 6.33 Å². The number of aromatic nitrogens is 4. The first-order valence-electron chi connectivity index (χ1n) is 13.9. The second-order valence-corrected chi connectivity index (χ2v) is 12.0. The molecule has 11 heteroatoms. The first-order chi connectivity index (χ1) is 19.5. The predicted octanol–water partition coefficient (Wildman–Crippen LogP) is 3.15. The van der Waals surface area contributed by atoms with Crippen molar-refractivity contribution in [1.82, 2.24) is 24.0 Å². The second-order valence-electron chi connectivity index (χ2n) is 12.0. The van der Waals surface area contributed by atoms with E-state index in [1.54, 1.807) is 35.6 Å². The third-order valence-corrected chi connectivity index (χ3v) is 8.13. The molecule has 41 heavy (non-hydrogen) atoms. The normalized spacial score (nSPS) is 19.6. The SMILES string of the molecule is CC(=O)OCc1c(C2=CN(C)C(=O)C(Nc3cn(C)cn3)C2)ccnc1N1CCn2c(cc3c2CC(C)(C)C3)C1=O. The van der Waals surface area contributed by atoms with Crippen molar-refractivity contribution in [3.05, 3.63) is 65.1 Å². The summed E-state index contributed by atoms with van der Waals surface area (Å²) in [6.45, 7) is 6.96. The third-order valence-electron chi connectivity index (χ3n) is 8.13. The molecule has 2 aliphatic heterocycles. The van der Waals surface area contributed by atoms with E-state index >= 15 is 0 Å². The number of carbonyl (C=O) groups is 3. The molecule has 3 aromatic rings. The maximum Gasteiger partial charge on any atom is 0.302 e. The van der Waals surface area contributed by atoms with Crippen molar-refractivity contribution in [3.63, 3.8) is 0 Å². The molecule has 0 fully saturated rings. The number of nitrogens with zero attached hydrogens (tertiary/aromatic N) is 6. The predicted molar refractivity (Wildman–Crippen MR) is 153 cm³/mol. The van der Waals surface area contributed by atoms with Crippen LogP contribution in [0.4, 0.5) is 11.6 Å². The average molecular weight is 558 g/mol. The number of rotatable bonds is 6. The zero-order chi connectivity index (χ0) is 29.1. The molecule has 1 aliphatic carbocycles. The van der Waals surface area contributed by atoms with Gasteiger partial charge >= 0.3 is 5.97 Å². The van der Waals surface area contributed by atoms with Crippen LogP contribution in [0, 0.1) is 5.41 Å². The largest absolute Gasteiger partial charge is 0.461 e. The van der Waals surface area contributed by atoms with Crippen LogP contribution in [0.2, 0.25) is 0 Å². The number of pyridine rings is 1. The van der Waals surface area contributed by atoms with Gasteiger partial charge in [-0.1, -0.05) is 13.8 Å². The van der Waals surface area contributed by atoms with Gasteiger partial charge in [0.1, 0.15) is 30.0 Å². The van der Waals surface area contributed by atoms with E-state index < -0.39 is 12.0 Å². The molecule has 3 aromatic heterocycles. The van der Waals surface area contributed by atoms with Crippen molar-refractivity contribution in [1.29, 1.82) is 0 Å². The maximum absolute atomic E-state index is 13.9. The first kappa shape index (κ1) is 26.8. The maximum atomic E-state index is 13.9. The van der Waals surface area contributed by atoms with Crippen molar-refractivity contribution >= 4 is 35.0 Å².